The van der Waals surface area contributed by atoms with Gasteiger partial charge in [-0.25, -0.2) is 4.39 Å². The molecule has 0 N–H and O–H groups in total. The van der Waals surface area contributed by atoms with E-state index in [1.54, 1.807) is 32.2 Å². The van der Waals surface area contributed by atoms with E-state index < -0.39 is 11.4 Å². The molecule has 3 aromatic rings. The Kier molecular flexibility index (Phi) is 5.70. The zero-order valence-electron chi connectivity index (χ0n) is 15.8. The Morgan fingerprint density at radius 2 is 1.76 bits per heavy atom. The molecule has 0 bridgehead atoms. The monoisotopic (exact) mass is 423 g/mol. The number of halogens is 4. The lowest BCUT2D eigenvalue weighted by atomic mass is 10.1. The average molecular weight is 423 g/mol. The maximum absolute atomic E-state index is 13.8. The third-order valence-electron chi connectivity index (χ3n) is 4.31. The minimum Gasteiger partial charge on any atom is -0.296 e. The van der Waals surface area contributed by atoms with Crippen LogP contribution in [0.2, 0.25) is 0 Å². The van der Waals surface area contributed by atoms with E-state index in [2.05, 4.69) is 5.10 Å². The van der Waals surface area contributed by atoms with Crippen LogP contribution < -0.4 is 4.90 Å². The number of anilines is 1. The van der Waals surface area contributed by atoms with Crippen LogP contribution in [0.25, 0.3) is 11.3 Å². The van der Waals surface area contributed by atoms with E-state index in [9.17, 15) is 22.4 Å². The topological polar surface area (TPSA) is 38.1 Å². The second kappa shape index (κ2) is 7.90. The third kappa shape index (κ3) is 4.79. The minimum absolute atomic E-state index is 0.000852. The van der Waals surface area contributed by atoms with Crippen molar-refractivity contribution in [2.24, 2.45) is 7.05 Å². The van der Waals surface area contributed by atoms with E-state index in [-0.39, 0.29) is 28.0 Å². The first-order chi connectivity index (χ1) is 13.5. The molecule has 0 aliphatic rings. The van der Waals surface area contributed by atoms with Gasteiger partial charge in [-0.3, -0.25) is 14.4 Å². The first-order valence-corrected chi connectivity index (χ1v) is 9.31. The van der Waals surface area contributed by atoms with Crippen molar-refractivity contribution in [3.63, 3.8) is 0 Å². The van der Waals surface area contributed by atoms with Crippen molar-refractivity contribution >= 4 is 23.5 Å². The lowest BCUT2D eigenvalue weighted by Gasteiger charge is -2.17. The molecule has 3 rings (SSSR count). The Morgan fingerprint density at radius 1 is 1.10 bits per heavy atom. The van der Waals surface area contributed by atoms with Crippen molar-refractivity contribution in [3.05, 3.63) is 65.5 Å². The third-order valence-corrected chi connectivity index (χ3v) is 5.05. The number of alkyl halides is 3. The molecule has 1 amide bonds. The maximum atomic E-state index is 13.8. The van der Waals surface area contributed by atoms with E-state index in [1.807, 2.05) is 0 Å². The van der Waals surface area contributed by atoms with Crippen molar-refractivity contribution in [1.82, 2.24) is 9.78 Å². The molecule has 0 fully saturated rings. The molecular weight excluding hydrogens is 406 g/mol. The first-order valence-electron chi connectivity index (χ1n) is 8.49. The van der Waals surface area contributed by atoms with Gasteiger partial charge in [-0.05, 0) is 54.6 Å². The molecule has 0 unspecified atom stereocenters. The SMILES string of the molecule is Cc1ccc(-c2cc(N(C)C(=O)c3ccc(SC(F)(F)F)cc3)n(C)n2)cc1F. The lowest BCUT2D eigenvalue weighted by Crippen LogP contribution is -2.28. The number of benzene rings is 2. The summed E-state index contributed by atoms with van der Waals surface area (Å²) in [6.45, 7) is 1.66. The molecule has 0 saturated carbocycles. The van der Waals surface area contributed by atoms with Gasteiger partial charge in [0.2, 0.25) is 0 Å². The van der Waals surface area contributed by atoms with Crippen LogP contribution in [-0.2, 0) is 7.05 Å². The van der Waals surface area contributed by atoms with E-state index in [0.717, 1.165) is 0 Å². The van der Waals surface area contributed by atoms with Gasteiger partial charge in [0.25, 0.3) is 5.91 Å². The fraction of sp³-hybridized carbons (Fsp3) is 0.200. The van der Waals surface area contributed by atoms with Crippen molar-refractivity contribution < 1.29 is 22.4 Å². The van der Waals surface area contributed by atoms with Crippen molar-refractivity contribution in [2.45, 2.75) is 17.3 Å². The Balaban J connectivity index is 1.83. The number of hydrogen-bond acceptors (Lipinski definition) is 3. The molecule has 0 atom stereocenters. The molecule has 4 nitrogen and oxygen atoms in total. The molecule has 9 heteroatoms. The highest BCUT2D eigenvalue weighted by molar-refractivity contribution is 8.00. The first kappa shape index (κ1) is 20.9. The van der Waals surface area contributed by atoms with Crippen LogP contribution in [0.4, 0.5) is 23.4 Å². The van der Waals surface area contributed by atoms with Crippen LogP contribution >= 0.6 is 11.8 Å². The van der Waals surface area contributed by atoms with E-state index in [4.69, 9.17) is 0 Å². The quantitative estimate of drug-likeness (QED) is 0.415. The summed E-state index contributed by atoms with van der Waals surface area (Å²) in [6, 6.07) is 11.6. The van der Waals surface area contributed by atoms with Gasteiger partial charge in [0.15, 0.2) is 0 Å². The van der Waals surface area contributed by atoms with Gasteiger partial charge in [-0.1, -0.05) is 12.1 Å². The number of rotatable bonds is 4. The Morgan fingerprint density at radius 3 is 2.34 bits per heavy atom. The molecule has 1 heterocycles. The number of carbonyl (C=O) groups is 1. The number of aromatic nitrogens is 2. The van der Waals surface area contributed by atoms with Crippen molar-refractivity contribution in [2.75, 3.05) is 11.9 Å². The average Bonchev–Trinajstić information content (AvgIpc) is 3.04. The number of carbonyl (C=O) groups excluding carboxylic acids is 1. The van der Waals surface area contributed by atoms with Crippen LogP contribution in [0, 0.1) is 12.7 Å². The van der Waals surface area contributed by atoms with Gasteiger partial charge < -0.3 is 0 Å². The fourth-order valence-electron chi connectivity index (χ4n) is 2.76. The summed E-state index contributed by atoms with van der Waals surface area (Å²) in [4.78, 5) is 14.1. The second-order valence-corrected chi connectivity index (χ2v) is 7.55. The Hall–Kier alpha value is -2.81. The normalized spacial score (nSPS) is 11.6. The largest absolute Gasteiger partial charge is 0.446 e. The van der Waals surface area contributed by atoms with Crippen molar-refractivity contribution in [1.29, 1.82) is 0 Å². The highest BCUT2D eigenvalue weighted by atomic mass is 32.2. The van der Waals surface area contributed by atoms with Crippen molar-refractivity contribution in [3.8, 4) is 11.3 Å². The van der Waals surface area contributed by atoms with Gasteiger partial charge in [-0.15, -0.1) is 0 Å². The number of thioether (sulfide) groups is 1. The standard InChI is InChI=1S/C20H17F4N3OS/c1-12-4-5-14(10-16(12)21)17-11-18(27(3)25-17)26(2)19(28)13-6-8-15(9-7-13)29-20(22,23)24/h4-11H,1-3H3. The van der Waals surface area contributed by atoms with Crippen LogP contribution in [0.1, 0.15) is 15.9 Å². The number of aryl methyl sites for hydroxylation is 2. The number of hydrogen-bond donors (Lipinski definition) is 0. The van der Waals surface area contributed by atoms with Gasteiger partial charge in [0.05, 0.1) is 5.69 Å². The predicted octanol–water partition coefficient (Wildman–Crippen LogP) is 5.42. The lowest BCUT2D eigenvalue weighted by molar-refractivity contribution is -0.0328. The minimum atomic E-state index is -4.39. The molecule has 2 aromatic carbocycles. The zero-order chi connectivity index (χ0) is 21.3. The summed E-state index contributed by atoms with van der Waals surface area (Å²) in [6.07, 6.45) is 0. The van der Waals surface area contributed by atoms with Gasteiger partial charge in [-0.2, -0.15) is 18.3 Å². The predicted molar refractivity (Wildman–Crippen MR) is 104 cm³/mol. The number of nitrogens with zero attached hydrogens (tertiary/aromatic N) is 3. The van der Waals surface area contributed by atoms with E-state index in [0.29, 0.717) is 22.6 Å². The molecule has 0 saturated heterocycles. The zero-order valence-corrected chi connectivity index (χ0v) is 16.6. The summed E-state index contributed by atoms with van der Waals surface area (Å²) < 4.78 is 52.6. The van der Waals surface area contributed by atoms with Gasteiger partial charge >= 0.3 is 5.51 Å². The van der Waals surface area contributed by atoms with Crippen LogP contribution in [0.5, 0.6) is 0 Å². The smallest absolute Gasteiger partial charge is 0.296 e. The van der Waals surface area contributed by atoms with Gasteiger partial charge in [0.1, 0.15) is 11.6 Å². The summed E-state index contributed by atoms with van der Waals surface area (Å²) in [5.41, 5.74) is -2.56. The van der Waals surface area contributed by atoms with Crippen LogP contribution in [-0.4, -0.2) is 28.2 Å². The highest BCUT2D eigenvalue weighted by Crippen LogP contribution is 2.36. The highest BCUT2D eigenvalue weighted by Gasteiger charge is 2.29. The summed E-state index contributed by atoms with van der Waals surface area (Å²) in [7, 11) is 3.19. The maximum Gasteiger partial charge on any atom is 0.446 e. The molecular formula is C20H17F4N3OS. The molecule has 0 aliphatic heterocycles. The van der Waals surface area contributed by atoms with E-state index >= 15 is 0 Å². The molecule has 0 radical (unpaired) electrons. The Bertz CT molecular complexity index is 1040. The van der Waals surface area contributed by atoms with Crippen LogP contribution in [0.3, 0.4) is 0 Å². The summed E-state index contributed by atoms with van der Waals surface area (Å²) in [5.74, 6) is -0.297. The summed E-state index contributed by atoms with van der Waals surface area (Å²) in [5, 5.41) is 4.33. The van der Waals surface area contributed by atoms with Gasteiger partial charge in [0, 0.05) is 36.2 Å². The molecule has 1 aromatic heterocycles. The molecule has 0 aliphatic carbocycles. The Labute approximate surface area is 169 Å². The second-order valence-electron chi connectivity index (χ2n) is 6.41. The molecule has 152 valence electrons. The fourth-order valence-corrected chi connectivity index (χ4v) is 3.30. The number of amides is 1. The van der Waals surface area contributed by atoms with Crippen LogP contribution in [0.15, 0.2) is 53.4 Å². The molecule has 29 heavy (non-hydrogen) atoms. The summed E-state index contributed by atoms with van der Waals surface area (Å²) >= 11 is -0.238. The molecule has 0 spiro atoms. The van der Waals surface area contributed by atoms with E-state index in [1.165, 1.54) is 47.0 Å².